The molecule has 4 rings (SSSR count). The lowest BCUT2D eigenvalue weighted by Gasteiger charge is -2.28. The molecule has 116 valence electrons. The van der Waals surface area contributed by atoms with Gasteiger partial charge in [0.1, 0.15) is 6.04 Å². The van der Waals surface area contributed by atoms with Crippen molar-refractivity contribution in [3.63, 3.8) is 0 Å². The summed E-state index contributed by atoms with van der Waals surface area (Å²) < 4.78 is 0. The number of carbonyl (C=O) groups is 2. The Hall–Kier alpha value is -1.55. The highest BCUT2D eigenvalue weighted by Gasteiger charge is 2.43. The minimum absolute atomic E-state index is 0.0625. The van der Waals surface area contributed by atoms with E-state index in [1.165, 1.54) is 0 Å². The summed E-state index contributed by atoms with van der Waals surface area (Å²) in [5.41, 5.74) is 1.97. The van der Waals surface area contributed by atoms with Crippen LogP contribution >= 0.6 is 11.6 Å². The van der Waals surface area contributed by atoms with E-state index in [1.54, 1.807) is 0 Å². The van der Waals surface area contributed by atoms with Gasteiger partial charge >= 0.3 is 0 Å². The van der Waals surface area contributed by atoms with Crippen molar-refractivity contribution in [1.29, 1.82) is 0 Å². The fourth-order valence-electron chi connectivity index (χ4n) is 3.65. The summed E-state index contributed by atoms with van der Waals surface area (Å²) in [5.74, 6) is 0.419. The number of anilines is 1. The monoisotopic (exact) mass is 318 g/mol. The van der Waals surface area contributed by atoms with Crippen LogP contribution in [0.5, 0.6) is 0 Å². The highest BCUT2D eigenvalue weighted by atomic mass is 35.5. The maximum absolute atomic E-state index is 13.0. The molecular formula is C17H19ClN2O2. The lowest BCUT2D eigenvalue weighted by atomic mass is 10.1. The van der Waals surface area contributed by atoms with E-state index in [0.29, 0.717) is 6.54 Å². The second-order valence-electron chi connectivity index (χ2n) is 6.44. The van der Waals surface area contributed by atoms with Crippen molar-refractivity contribution in [2.45, 2.75) is 38.1 Å². The van der Waals surface area contributed by atoms with Crippen LogP contribution in [0.1, 0.15) is 31.2 Å². The molecule has 5 heteroatoms. The van der Waals surface area contributed by atoms with Crippen LogP contribution in [0.2, 0.25) is 5.02 Å². The second kappa shape index (κ2) is 5.27. The largest absolute Gasteiger partial charge is 0.330 e. The third-order valence-corrected chi connectivity index (χ3v) is 5.34. The summed E-state index contributed by atoms with van der Waals surface area (Å²) in [6.07, 6.45) is 4.47. The highest BCUT2D eigenvalue weighted by Crippen LogP contribution is 2.37. The molecule has 0 spiro atoms. The third-order valence-electron chi connectivity index (χ3n) is 4.98. The smallest absolute Gasteiger partial charge is 0.249 e. The Kier molecular flexibility index (Phi) is 3.37. The molecule has 1 saturated heterocycles. The number of carbonyl (C=O) groups excluding carboxylic acids is 2. The molecule has 0 bridgehead atoms. The number of hydrogen-bond acceptors (Lipinski definition) is 2. The topological polar surface area (TPSA) is 40.6 Å². The van der Waals surface area contributed by atoms with Gasteiger partial charge in [0.2, 0.25) is 11.8 Å². The van der Waals surface area contributed by atoms with Gasteiger partial charge in [-0.3, -0.25) is 9.59 Å². The zero-order valence-corrected chi connectivity index (χ0v) is 13.2. The molecule has 1 aromatic carbocycles. The van der Waals surface area contributed by atoms with Gasteiger partial charge in [-0.05, 0) is 49.8 Å². The van der Waals surface area contributed by atoms with E-state index < -0.39 is 0 Å². The Balaban J connectivity index is 1.57. The summed E-state index contributed by atoms with van der Waals surface area (Å²) in [5, 5.41) is 0.727. The Bertz CT molecular complexity index is 642. The molecular weight excluding hydrogens is 300 g/mol. The van der Waals surface area contributed by atoms with E-state index in [9.17, 15) is 9.59 Å². The minimum atomic E-state index is -0.280. The van der Waals surface area contributed by atoms with E-state index >= 15 is 0 Å². The van der Waals surface area contributed by atoms with E-state index in [4.69, 9.17) is 11.6 Å². The number of halogens is 1. The van der Waals surface area contributed by atoms with Gasteiger partial charge in [-0.1, -0.05) is 17.7 Å². The fourth-order valence-corrected chi connectivity index (χ4v) is 3.92. The van der Waals surface area contributed by atoms with Crippen LogP contribution < -0.4 is 4.90 Å². The predicted octanol–water partition coefficient (Wildman–Crippen LogP) is 2.63. The lowest BCUT2D eigenvalue weighted by Crippen LogP contribution is -2.48. The standard InChI is InChI=1S/C17H19ClN2O2/c18-13-3-1-4-14-12(13)8-10-20(14)17(22)15-5-2-9-19(15)16(21)11-6-7-11/h1,3-4,11,15H,2,5-10H2/t15-/m0/s1. The summed E-state index contributed by atoms with van der Waals surface area (Å²) >= 11 is 6.23. The number of amides is 2. The summed E-state index contributed by atoms with van der Waals surface area (Å²) in [4.78, 5) is 29.0. The van der Waals surface area contributed by atoms with Crippen LogP contribution in [0.25, 0.3) is 0 Å². The number of nitrogens with zero attached hydrogens (tertiary/aromatic N) is 2. The molecule has 3 aliphatic rings. The van der Waals surface area contributed by atoms with E-state index in [0.717, 1.165) is 54.9 Å². The van der Waals surface area contributed by atoms with Gasteiger partial charge in [-0.25, -0.2) is 0 Å². The van der Waals surface area contributed by atoms with Gasteiger partial charge in [-0.2, -0.15) is 0 Å². The van der Waals surface area contributed by atoms with Crippen LogP contribution in [0.4, 0.5) is 5.69 Å². The minimum Gasteiger partial charge on any atom is -0.330 e. The van der Waals surface area contributed by atoms with Crippen LogP contribution in [-0.4, -0.2) is 35.8 Å². The van der Waals surface area contributed by atoms with Gasteiger partial charge in [0, 0.05) is 29.7 Å². The molecule has 4 nitrogen and oxygen atoms in total. The molecule has 1 saturated carbocycles. The van der Waals surface area contributed by atoms with Crippen molar-refractivity contribution in [1.82, 2.24) is 4.90 Å². The fraction of sp³-hybridized carbons (Fsp3) is 0.529. The van der Waals surface area contributed by atoms with Crippen LogP contribution in [0.3, 0.4) is 0 Å². The summed E-state index contributed by atoms with van der Waals surface area (Å²) in [7, 11) is 0. The number of hydrogen-bond donors (Lipinski definition) is 0. The molecule has 0 radical (unpaired) electrons. The first kappa shape index (κ1) is 14.1. The molecule has 2 heterocycles. The first-order chi connectivity index (χ1) is 10.7. The molecule has 2 aliphatic heterocycles. The molecule has 2 fully saturated rings. The molecule has 1 aromatic rings. The molecule has 1 atom stereocenters. The van der Waals surface area contributed by atoms with Crippen LogP contribution in [0.15, 0.2) is 18.2 Å². The average Bonchev–Trinajstić information content (AvgIpc) is 3.09. The van der Waals surface area contributed by atoms with Crippen molar-refractivity contribution in [3.05, 3.63) is 28.8 Å². The predicted molar refractivity (Wildman–Crippen MR) is 85.0 cm³/mol. The van der Waals surface area contributed by atoms with Crippen molar-refractivity contribution < 1.29 is 9.59 Å². The number of fused-ring (bicyclic) bond motifs is 1. The Morgan fingerprint density at radius 3 is 2.68 bits per heavy atom. The molecule has 0 aromatic heterocycles. The van der Waals surface area contributed by atoms with Gasteiger partial charge in [0.05, 0.1) is 0 Å². The van der Waals surface area contributed by atoms with E-state index in [1.807, 2.05) is 28.0 Å². The number of rotatable bonds is 2. The maximum atomic E-state index is 13.0. The SMILES string of the molecule is O=C([C@@H]1CCCN1C(=O)C1CC1)N1CCc2c(Cl)cccc21. The third kappa shape index (κ3) is 2.21. The van der Waals surface area contributed by atoms with Gasteiger partial charge < -0.3 is 9.80 Å². The Morgan fingerprint density at radius 1 is 1.09 bits per heavy atom. The van der Waals surface area contributed by atoms with Crippen molar-refractivity contribution >= 4 is 29.1 Å². The molecule has 1 aliphatic carbocycles. The maximum Gasteiger partial charge on any atom is 0.249 e. The van der Waals surface area contributed by atoms with E-state index in [2.05, 4.69) is 0 Å². The number of likely N-dealkylation sites (tertiary alicyclic amines) is 1. The molecule has 0 N–H and O–H groups in total. The average molecular weight is 319 g/mol. The first-order valence-corrected chi connectivity index (χ1v) is 8.44. The second-order valence-corrected chi connectivity index (χ2v) is 6.85. The van der Waals surface area contributed by atoms with Gasteiger partial charge in [0.25, 0.3) is 0 Å². The zero-order chi connectivity index (χ0) is 15.3. The molecule has 2 amide bonds. The highest BCUT2D eigenvalue weighted by molar-refractivity contribution is 6.32. The Labute approximate surface area is 135 Å². The van der Waals surface area contributed by atoms with Crippen molar-refractivity contribution in [2.75, 3.05) is 18.0 Å². The van der Waals surface area contributed by atoms with Gasteiger partial charge in [-0.15, -0.1) is 0 Å². The number of benzene rings is 1. The normalized spacial score (nSPS) is 23.8. The molecule has 22 heavy (non-hydrogen) atoms. The summed E-state index contributed by atoms with van der Waals surface area (Å²) in [6.45, 7) is 1.39. The quantitative estimate of drug-likeness (QED) is 0.841. The van der Waals surface area contributed by atoms with Crippen LogP contribution in [0, 0.1) is 5.92 Å². The van der Waals surface area contributed by atoms with E-state index in [-0.39, 0.29) is 23.8 Å². The Morgan fingerprint density at radius 2 is 1.91 bits per heavy atom. The molecule has 0 unspecified atom stereocenters. The van der Waals surface area contributed by atoms with Gasteiger partial charge in [0.15, 0.2) is 0 Å². The van der Waals surface area contributed by atoms with Crippen molar-refractivity contribution in [2.24, 2.45) is 5.92 Å². The first-order valence-electron chi connectivity index (χ1n) is 8.06. The summed E-state index contributed by atoms with van der Waals surface area (Å²) in [6, 6.07) is 5.42. The zero-order valence-electron chi connectivity index (χ0n) is 12.4. The van der Waals surface area contributed by atoms with Crippen LogP contribution in [-0.2, 0) is 16.0 Å². The lowest BCUT2D eigenvalue weighted by molar-refractivity contribution is -0.138. The van der Waals surface area contributed by atoms with Crippen molar-refractivity contribution in [3.8, 4) is 0 Å².